The zero-order valence-electron chi connectivity index (χ0n) is 7.20. The zero-order chi connectivity index (χ0) is 10.3. The summed E-state index contributed by atoms with van der Waals surface area (Å²) in [4.78, 5) is 30.1. The van der Waals surface area contributed by atoms with Gasteiger partial charge >= 0.3 is 0 Å². The van der Waals surface area contributed by atoms with E-state index in [1.165, 1.54) is 6.92 Å². The van der Waals surface area contributed by atoms with Crippen LogP contribution in [0.15, 0.2) is 0 Å². The van der Waals surface area contributed by atoms with Crippen molar-refractivity contribution in [3.63, 3.8) is 0 Å². The van der Waals surface area contributed by atoms with Crippen LogP contribution in [-0.4, -0.2) is 36.4 Å². The normalized spacial score (nSPS) is 9.00. The second kappa shape index (κ2) is 5.92. The van der Waals surface area contributed by atoms with E-state index < -0.39 is 17.4 Å². The maximum Gasteiger partial charge on any atom is 0.291 e. The Bertz CT molecular complexity index is 216. The van der Waals surface area contributed by atoms with Gasteiger partial charge in [-0.2, -0.15) is 0 Å². The van der Waals surface area contributed by atoms with Crippen LogP contribution < -0.4 is 10.6 Å². The Hall–Kier alpha value is -1.66. The van der Waals surface area contributed by atoms with Gasteiger partial charge in [0.15, 0.2) is 0 Å². The molecule has 0 unspecified atom stereocenters. The first-order valence-electron chi connectivity index (χ1n) is 3.65. The first-order valence-corrected chi connectivity index (χ1v) is 3.65. The smallest absolute Gasteiger partial charge is 0.291 e. The second-order valence-electron chi connectivity index (χ2n) is 2.32. The standard InChI is InChI=1S/C6H11N3O4/c1-5(10)7-2-3-8-6(11)4-9(12)13/h2-4H2,1H3,(H,7,10)(H,8,11). The summed E-state index contributed by atoms with van der Waals surface area (Å²) in [5.41, 5.74) is 0. The molecule has 0 bridgehead atoms. The van der Waals surface area contributed by atoms with E-state index >= 15 is 0 Å². The third-order valence-corrected chi connectivity index (χ3v) is 1.09. The highest BCUT2D eigenvalue weighted by Crippen LogP contribution is 1.69. The minimum absolute atomic E-state index is 0.201. The van der Waals surface area contributed by atoms with Gasteiger partial charge < -0.3 is 10.6 Å². The number of carbonyl (C=O) groups excluding carboxylic acids is 2. The Morgan fingerprint density at radius 2 is 1.85 bits per heavy atom. The Morgan fingerprint density at radius 1 is 1.31 bits per heavy atom. The topological polar surface area (TPSA) is 101 Å². The molecule has 0 heterocycles. The van der Waals surface area contributed by atoms with Crippen LogP contribution >= 0.6 is 0 Å². The van der Waals surface area contributed by atoms with Crippen LogP contribution in [0.25, 0.3) is 0 Å². The van der Waals surface area contributed by atoms with E-state index in [-0.39, 0.29) is 19.0 Å². The molecule has 0 spiro atoms. The monoisotopic (exact) mass is 189 g/mol. The number of carbonyl (C=O) groups is 2. The van der Waals surface area contributed by atoms with Crippen LogP contribution in [0.1, 0.15) is 6.92 Å². The Labute approximate surface area is 74.6 Å². The van der Waals surface area contributed by atoms with Crippen LogP contribution in [0.5, 0.6) is 0 Å². The van der Waals surface area contributed by atoms with E-state index in [2.05, 4.69) is 10.6 Å². The molecule has 13 heavy (non-hydrogen) atoms. The Kier molecular flexibility index (Phi) is 5.17. The average Bonchev–Trinajstić information content (AvgIpc) is 1.96. The maximum atomic E-state index is 10.6. The molecule has 0 fully saturated rings. The van der Waals surface area contributed by atoms with Gasteiger partial charge in [-0.1, -0.05) is 0 Å². The third-order valence-electron chi connectivity index (χ3n) is 1.09. The van der Waals surface area contributed by atoms with Crippen LogP contribution in [0.4, 0.5) is 0 Å². The van der Waals surface area contributed by atoms with Crippen LogP contribution in [0.3, 0.4) is 0 Å². The van der Waals surface area contributed by atoms with Crippen molar-refractivity contribution >= 4 is 11.8 Å². The number of rotatable bonds is 5. The minimum Gasteiger partial charge on any atom is -0.355 e. The van der Waals surface area contributed by atoms with E-state index in [4.69, 9.17) is 0 Å². The summed E-state index contributed by atoms with van der Waals surface area (Å²) in [7, 11) is 0. The first kappa shape index (κ1) is 11.3. The molecule has 0 aromatic heterocycles. The highest BCUT2D eigenvalue weighted by atomic mass is 16.6. The van der Waals surface area contributed by atoms with Gasteiger partial charge in [-0.3, -0.25) is 19.7 Å². The molecule has 0 aromatic carbocycles. The fraction of sp³-hybridized carbons (Fsp3) is 0.667. The summed E-state index contributed by atoms with van der Waals surface area (Å²) in [5.74, 6) is -0.862. The van der Waals surface area contributed by atoms with Crippen molar-refractivity contribution < 1.29 is 14.5 Å². The van der Waals surface area contributed by atoms with Crippen LogP contribution in [0, 0.1) is 10.1 Å². The average molecular weight is 189 g/mol. The van der Waals surface area contributed by atoms with E-state index in [0.717, 1.165) is 0 Å². The van der Waals surface area contributed by atoms with Crippen molar-refractivity contribution in [3.05, 3.63) is 10.1 Å². The summed E-state index contributed by atoms with van der Waals surface area (Å²) >= 11 is 0. The van der Waals surface area contributed by atoms with Gasteiger partial charge in [0.2, 0.25) is 5.91 Å². The predicted molar refractivity (Wildman–Crippen MR) is 43.6 cm³/mol. The number of nitrogens with zero attached hydrogens (tertiary/aromatic N) is 1. The fourth-order valence-electron chi connectivity index (χ4n) is 0.614. The molecule has 0 saturated carbocycles. The van der Waals surface area contributed by atoms with E-state index in [1.807, 2.05) is 0 Å². The molecule has 0 atom stereocenters. The summed E-state index contributed by atoms with van der Waals surface area (Å²) in [6.07, 6.45) is 0. The molecule has 0 rings (SSSR count). The second-order valence-corrected chi connectivity index (χ2v) is 2.32. The SMILES string of the molecule is CC(=O)NCCNC(=O)C[N+](=O)[O-]. The zero-order valence-corrected chi connectivity index (χ0v) is 7.20. The molecule has 74 valence electrons. The predicted octanol–water partition coefficient (Wildman–Crippen LogP) is -1.48. The molecular formula is C6H11N3O4. The van der Waals surface area contributed by atoms with Crippen molar-refractivity contribution in [1.29, 1.82) is 0 Å². The molecule has 0 saturated heterocycles. The molecule has 0 aliphatic heterocycles. The van der Waals surface area contributed by atoms with E-state index in [9.17, 15) is 19.7 Å². The van der Waals surface area contributed by atoms with Gasteiger partial charge in [0.25, 0.3) is 12.5 Å². The largest absolute Gasteiger partial charge is 0.355 e. The highest BCUT2D eigenvalue weighted by molar-refractivity contribution is 5.77. The molecule has 7 nitrogen and oxygen atoms in total. The first-order chi connectivity index (χ1) is 6.02. The van der Waals surface area contributed by atoms with Crippen LogP contribution in [-0.2, 0) is 9.59 Å². The lowest BCUT2D eigenvalue weighted by Crippen LogP contribution is -2.36. The number of nitrogens with one attached hydrogen (secondary N) is 2. The molecule has 0 aliphatic rings. The van der Waals surface area contributed by atoms with Gasteiger partial charge in [-0.25, -0.2) is 0 Å². The molecule has 0 aliphatic carbocycles. The van der Waals surface area contributed by atoms with Gasteiger partial charge in [-0.15, -0.1) is 0 Å². The van der Waals surface area contributed by atoms with E-state index in [1.54, 1.807) is 0 Å². The highest BCUT2D eigenvalue weighted by Gasteiger charge is 2.07. The molecular weight excluding hydrogens is 178 g/mol. The lowest BCUT2D eigenvalue weighted by Gasteiger charge is -2.02. The van der Waals surface area contributed by atoms with Gasteiger partial charge in [-0.05, 0) is 0 Å². The van der Waals surface area contributed by atoms with Crippen LogP contribution in [0.2, 0.25) is 0 Å². The van der Waals surface area contributed by atoms with Crippen molar-refractivity contribution in [1.82, 2.24) is 10.6 Å². The number of hydrogen-bond acceptors (Lipinski definition) is 4. The summed E-state index contributed by atoms with van der Waals surface area (Å²) in [6, 6.07) is 0. The molecule has 2 N–H and O–H groups in total. The third kappa shape index (κ3) is 8.24. The molecule has 0 radical (unpaired) electrons. The number of nitro groups is 1. The summed E-state index contributed by atoms with van der Waals surface area (Å²) < 4.78 is 0. The molecule has 0 aromatic rings. The minimum atomic E-state index is -0.736. The quantitative estimate of drug-likeness (QED) is 0.312. The maximum absolute atomic E-state index is 10.6. The van der Waals surface area contributed by atoms with Gasteiger partial charge in [0.1, 0.15) is 0 Å². The van der Waals surface area contributed by atoms with Gasteiger partial charge in [0, 0.05) is 24.9 Å². The summed E-state index contributed by atoms with van der Waals surface area (Å²) in [6.45, 7) is 1.09. The lowest BCUT2D eigenvalue weighted by molar-refractivity contribution is -0.467. The van der Waals surface area contributed by atoms with Crippen molar-refractivity contribution in [2.75, 3.05) is 19.6 Å². The lowest BCUT2D eigenvalue weighted by atomic mass is 10.5. The molecule has 2 amide bonds. The Morgan fingerprint density at radius 3 is 2.31 bits per heavy atom. The number of hydrogen-bond donors (Lipinski definition) is 2. The van der Waals surface area contributed by atoms with Crippen molar-refractivity contribution in [2.45, 2.75) is 6.92 Å². The Balaban J connectivity index is 3.37. The van der Waals surface area contributed by atoms with Crippen molar-refractivity contribution in [2.24, 2.45) is 0 Å². The van der Waals surface area contributed by atoms with Gasteiger partial charge in [0.05, 0.1) is 0 Å². The number of amides is 2. The fourth-order valence-corrected chi connectivity index (χ4v) is 0.614. The van der Waals surface area contributed by atoms with E-state index in [0.29, 0.717) is 0 Å². The van der Waals surface area contributed by atoms with Crippen molar-refractivity contribution in [3.8, 4) is 0 Å². The summed E-state index contributed by atoms with van der Waals surface area (Å²) in [5, 5.41) is 14.5. The molecule has 7 heteroatoms.